The van der Waals surface area contributed by atoms with Gasteiger partial charge in [-0.05, 0) is 24.3 Å². The van der Waals surface area contributed by atoms with Gasteiger partial charge in [-0.25, -0.2) is 9.37 Å². The van der Waals surface area contributed by atoms with Gasteiger partial charge in [0, 0.05) is 10.9 Å². The summed E-state index contributed by atoms with van der Waals surface area (Å²) < 4.78 is 18.9. The van der Waals surface area contributed by atoms with Crippen molar-refractivity contribution in [1.29, 1.82) is 0 Å². The Hall–Kier alpha value is -2.13. The maximum atomic E-state index is 13.5. The fourth-order valence-electron chi connectivity index (χ4n) is 1.95. The molecule has 0 saturated carbocycles. The van der Waals surface area contributed by atoms with Gasteiger partial charge in [0.05, 0.1) is 5.52 Å². The highest BCUT2D eigenvalue weighted by atomic mass is 35.5. The number of rotatable bonds is 3. The van der Waals surface area contributed by atoms with Crippen LogP contribution in [0.15, 0.2) is 54.6 Å². The van der Waals surface area contributed by atoms with E-state index in [0.717, 1.165) is 16.5 Å². The lowest BCUT2D eigenvalue weighted by Gasteiger charge is -2.09. The van der Waals surface area contributed by atoms with Crippen molar-refractivity contribution in [2.24, 2.45) is 0 Å². The number of hydrogen-bond donors (Lipinski definition) is 0. The number of para-hydroxylation sites is 2. The third-order valence-electron chi connectivity index (χ3n) is 2.97. The van der Waals surface area contributed by atoms with Crippen LogP contribution in [-0.2, 0) is 6.61 Å². The summed E-state index contributed by atoms with van der Waals surface area (Å²) in [6, 6.07) is 15.9. The van der Waals surface area contributed by atoms with Crippen molar-refractivity contribution in [1.82, 2.24) is 4.98 Å². The third-order valence-corrected chi connectivity index (χ3v) is 3.30. The summed E-state index contributed by atoms with van der Waals surface area (Å²) in [6.07, 6.45) is 0. The molecule has 0 fully saturated rings. The maximum absolute atomic E-state index is 13.5. The monoisotopic (exact) mass is 287 g/mol. The molecule has 1 aromatic heterocycles. The zero-order chi connectivity index (χ0) is 13.9. The zero-order valence-corrected chi connectivity index (χ0v) is 11.3. The zero-order valence-electron chi connectivity index (χ0n) is 10.5. The van der Waals surface area contributed by atoms with Crippen molar-refractivity contribution in [2.75, 3.05) is 0 Å². The van der Waals surface area contributed by atoms with Crippen molar-refractivity contribution in [3.63, 3.8) is 0 Å². The molecule has 0 spiro atoms. The molecule has 100 valence electrons. The lowest BCUT2D eigenvalue weighted by Crippen LogP contribution is -1.99. The van der Waals surface area contributed by atoms with Crippen LogP contribution in [0.2, 0.25) is 5.15 Å². The molecule has 3 aromatic rings. The molecule has 0 aliphatic rings. The highest BCUT2D eigenvalue weighted by Gasteiger charge is 2.07. The first kappa shape index (κ1) is 12.9. The fourth-order valence-corrected chi connectivity index (χ4v) is 2.15. The Balaban J connectivity index is 1.87. The van der Waals surface area contributed by atoms with Gasteiger partial charge in [-0.2, -0.15) is 0 Å². The van der Waals surface area contributed by atoms with Crippen molar-refractivity contribution in [3.05, 3.63) is 71.1 Å². The molecule has 0 amide bonds. The molecule has 2 aromatic carbocycles. The second kappa shape index (κ2) is 5.47. The van der Waals surface area contributed by atoms with Gasteiger partial charge in [-0.3, -0.25) is 0 Å². The van der Waals surface area contributed by atoms with E-state index in [9.17, 15) is 4.39 Å². The Kier molecular flexibility index (Phi) is 3.52. The van der Waals surface area contributed by atoms with Crippen LogP contribution in [0.3, 0.4) is 0 Å². The van der Waals surface area contributed by atoms with Crippen molar-refractivity contribution >= 4 is 22.5 Å². The maximum Gasteiger partial charge on any atom is 0.165 e. The van der Waals surface area contributed by atoms with Crippen LogP contribution < -0.4 is 4.74 Å². The van der Waals surface area contributed by atoms with Gasteiger partial charge >= 0.3 is 0 Å². The van der Waals surface area contributed by atoms with Gasteiger partial charge in [-0.15, -0.1) is 0 Å². The molecule has 3 rings (SSSR count). The van der Waals surface area contributed by atoms with Crippen LogP contribution >= 0.6 is 11.6 Å². The van der Waals surface area contributed by atoms with E-state index in [0.29, 0.717) is 5.15 Å². The van der Waals surface area contributed by atoms with E-state index in [1.807, 2.05) is 30.3 Å². The molecule has 1 heterocycles. The van der Waals surface area contributed by atoms with Gasteiger partial charge in [0.25, 0.3) is 0 Å². The van der Waals surface area contributed by atoms with Gasteiger partial charge in [0.1, 0.15) is 11.8 Å². The number of fused-ring (bicyclic) bond motifs is 1. The Labute approximate surface area is 120 Å². The largest absolute Gasteiger partial charge is 0.486 e. The first-order chi connectivity index (χ1) is 9.74. The second-order valence-corrected chi connectivity index (χ2v) is 4.71. The summed E-state index contributed by atoms with van der Waals surface area (Å²) in [7, 11) is 0. The molecule has 4 heteroatoms. The molecule has 0 unspecified atom stereocenters. The van der Waals surface area contributed by atoms with Gasteiger partial charge in [0.2, 0.25) is 0 Å². The van der Waals surface area contributed by atoms with E-state index >= 15 is 0 Å². The predicted octanol–water partition coefficient (Wildman–Crippen LogP) is 4.61. The summed E-state index contributed by atoms with van der Waals surface area (Å²) in [6.45, 7) is 0.178. The highest BCUT2D eigenvalue weighted by molar-refractivity contribution is 6.30. The van der Waals surface area contributed by atoms with E-state index in [1.165, 1.54) is 6.07 Å². The molecule has 2 nitrogen and oxygen atoms in total. The van der Waals surface area contributed by atoms with Crippen LogP contribution in [0, 0.1) is 5.82 Å². The number of hydrogen-bond acceptors (Lipinski definition) is 2. The molecule has 0 saturated heterocycles. The first-order valence-electron chi connectivity index (χ1n) is 6.15. The van der Waals surface area contributed by atoms with Crippen molar-refractivity contribution < 1.29 is 9.13 Å². The quantitative estimate of drug-likeness (QED) is 0.657. The molecule has 0 radical (unpaired) electrons. The number of ether oxygens (including phenoxy) is 1. The molecule has 0 N–H and O–H groups in total. The topological polar surface area (TPSA) is 22.1 Å². The normalized spacial score (nSPS) is 10.7. The van der Waals surface area contributed by atoms with Crippen LogP contribution in [-0.4, -0.2) is 4.98 Å². The minimum atomic E-state index is -0.391. The smallest absolute Gasteiger partial charge is 0.165 e. The van der Waals surface area contributed by atoms with E-state index < -0.39 is 5.82 Å². The fraction of sp³-hybridized carbons (Fsp3) is 0.0625. The summed E-state index contributed by atoms with van der Waals surface area (Å²) >= 11 is 6.12. The van der Waals surface area contributed by atoms with E-state index in [2.05, 4.69) is 4.98 Å². The van der Waals surface area contributed by atoms with E-state index in [-0.39, 0.29) is 12.4 Å². The Morgan fingerprint density at radius 1 is 1.05 bits per heavy atom. The van der Waals surface area contributed by atoms with Crippen LogP contribution in [0.25, 0.3) is 10.9 Å². The summed E-state index contributed by atoms with van der Waals surface area (Å²) in [5.74, 6) is -0.186. The van der Waals surface area contributed by atoms with Crippen molar-refractivity contribution in [2.45, 2.75) is 6.61 Å². The van der Waals surface area contributed by atoms with E-state index in [4.69, 9.17) is 16.3 Å². The number of benzene rings is 2. The molecule has 0 aliphatic heterocycles. The molecule has 20 heavy (non-hydrogen) atoms. The highest BCUT2D eigenvalue weighted by Crippen LogP contribution is 2.23. The molecular formula is C16H11ClFNO. The molecule has 0 atom stereocenters. The van der Waals surface area contributed by atoms with Crippen LogP contribution in [0.1, 0.15) is 5.56 Å². The number of aromatic nitrogens is 1. The van der Waals surface area contributed by atoms with Gasteiger partial charge in [-0.1, -0.05) is 41.9 Å². The Bertz CT molecular complexity index is 760. The molecule has 0 aliphatic carbocycles. The summed E-state index contributed by atoms with van der Waals surface area (Å²) in [5, 5.41) is 1.35. The molecule has 0 bridgehead atoms. The standard InChI is InChI=1S/C16H11ClFNO/c17-16-12(9-11-5-1-3-7-14(11)19-16)10-20-15-8-4-2-6-13(15)18/h1-9H,10H2. The van der Waals surface area contributed by atoms with Gasteiger partial charge < -0.3 is 4.74 Å². The number of pyridine rings is 1. The predicted molar refractivity (Wildman–Crippen MR) is 77.5 cm³/mol. The number of nitrogens with zero attached hydrogens (tertiary/aromatic N) is 1. The Morgan fingerprint density at radius 3 is 2.65 bits per heavy atom. The van der Waals surface area contributed by atoms with Crippen molar-refractivity contribution in [3.8, 4) is 5.75 Å². The lowest BCUT2D eigenvalue weighted by molar-refractivity contribution is 0.290. The average Bonchev–Trinajstić information content (AvgIpc) is 2.46. The van der Waals surface area contributed by atoms with Gasteiger partial charge in [0.15, 0.2) is 11.6 Å². The van der Waals surface area contributed by atoms with Crippen LogP contribution in [0.4, 0.5) is 4.39 Å². The Morgan fingerprint density at radius 2 is 1.80 bits per heavy atom. The summed E-state index contributed by atoms with van der Waals surface area (Å²) in [4.78, 5) is 4.30. The first-order valence-corrected chi connectivity index (χ1v) is 6.53. The average molecular weight is 288 g/mol. The lowest BCUT2D eigenvalue weighted by atomic mass is 10.2. The summed E-state index contributed by atoms with van der Waals surface area (Å²) in [5.41, 5.74) is 1.56. The van der Waals surface area contributed by atoms with E-state index in [1.54, 1.807) is 18.2 Å². The SMILES string of the molecule is Fc1ccccc1OCc1cc2ccccc2nc1Cl. The number of halogens is 2. The van der Waals surface area contributed by atoms with Crippen LogP contribution in [0.5, 0.6) is 5.75 Å². The minimum absolute atomic E-state index is 0.178. The molecular weight excluding hydrogens is 277 g/mol. The third kappa shape index (κ3) is 2.58. The second-order valence-electron chi connectivity index (χ2n) is 4.35. The minimum Gasteiger partial charge on any atom is -0.486 e.